The van der Waals surface area contributed by atoms with Crippen molar-refractivity contribution in [3.8, 4) is 0 Å². The largest absolute Gasteiger partial charge is 0.250 e. The fraction of sp³-hybridized carbons (Fsp3) is 0.667. The maximum atomic E-state index is 12.1. The van der Waals surface area contributed by atoms with E-state index in [2.05, 4.69) is 27.6 Å². The summed E-state index contributed by atoms with van der Waals surface area (Å²) in [6.07, 6.45) is 5.77. The van der Waals surface area contributed by atoms with E-state index >= 15 is 0 Å². The first-order valence-electron chi connectivity index (χ1n) is 6.22. The molecule has 1 fully saturated rings. The maximum Gasteiger partial charge on any atom is 0.250 e. The standard InChI is InChI=1S/C12H18BrNO2S2/c1-2-12(7-3-4-8-12)9-14-18(15,16)11-6-5-10(13)17-11/h5-6,14H,2-4,7-9H2,1H3. The van der Waals surface area contributed by atoms with E-state index in [-0.39, 0.29) is 5.41 Å². The van der Waals surface area contributed by atoms with E-state index in [4.69, 9.17) is 0 Å². The second-order valence-corrected chi connectivity index (χ2v) is 9.40. The molecule has 0 radical (unpaired) electrons. The van der Waals surface area contributed by atoms with Crippen LogP contribution in [0.15, 0.2) is 20.1 Å². The van der Waals surface area contributed by atoms with Crippen molar-refractivity contribution in [3.05, 3.63) is 15.9 Å². The topological polar surface area (TPSA) is 46.2 Å². The zero-order chi connectivity index (χ0) is 13.2. The SMILES string of the molecule is CCC1(CNS(=O)(=O)c2ccc(Br)s2)CCCC1. The first kappa shape index (κ1) is 14.5. The number of rotatable bonds is 5. The van der Waals surface area contributed by atoms with Gasteiger partial charge in [0, 0.05) is 6.54 Å². The Bertz CT molecular complexity index is 504. The zero-order valence-corrected chi connectivity index (χ0v) is 13.6. The van der Waals surface area contributed by atoms with Crippen LogP contribution in [-0.4, -0.2) is 15.0 Å². The molecule has 0 aliphatic heterocycles. The van der Waals surface area contributed by atoms with Gasteiger partial charge in [0.05, 0.1) is 3.79 Å². The highest BCUT2D eigenvalue weighted by Crippen LogP contribution is 2.40. The normalized spacial score (nSPS) is 19.2. The fourth-order valence-electron chi connectivity index (χ4n) is 2.54. The molecule has 0 saturated heterocycles. The number of sulfonamides is 1. The number of halogens is 1. The lowest BCUT2D eigenvalue weighted by molar-refractivity contribution is 0.286. The molecule has 0 amide bonds. The van der Waals surface area contributed by atoms with Gasteiger partial charge in [0.25, 0.3) is 0 Å². The average molecular weight is 352 g/mol. The van der Waals surface area contributed by atoms with Gasteiger partial charge in [-0.05, 0) is 52.7 Å². The lowest BCUT2D eigenvalue weighted by Gasteiger charge is -2.27. The molecule has 102 valence electrons. The Morgan fingerprint density at radius 2 is 2.06 bits per heavy atom. The van der Waals surface area contributed by atoms with Crippen LogP contribution in [0.1, 0.15) is 39.0 Å². The molecule has 0 atom stereocenters. The Hall–Kier alpha value is 0.0900. The summed E-state index contributed by atoms with van der Waals surface area (Å²) in [5.41, 5.74) is 0.182. The minimum Gasteiger partial charge on any atom is -0.210 e. The van der Waals surface area contributed by atoms with E-state index in [1.807, 2.05) is 0 Å². The summed E-state index contributed by atoms with van der Waals surface area (Å²) in [6, 6.07) is 3.41. The highest BCUT2D eigenvalue weighted by Gasteiger charge is 2.33. The van der Waals surface area contributed by atoms with Crippen LogP contribution < -0.4 is 4.72 Å². The fourth-order valence-corrected chi connectivity index (χ4v) is 5.75. The van der Waals surface area contributed by atoms with Crippen LogP contribution in [0.2, 0.25) is 0 Å². The lowest BCUT2D eigenvalue weighted by atomic mass is 9.84. The predicted octanol–water partition coefficient (Wildman–Crippen LogP) is 3.76. The number of hydrogen-bond acceptors (Lipinski definition) is 3. The van der Waals surface area contributed by atoms with Crippen molar-refractivity contribution in [2.75, 3.05) is 6.54 Å². The summed E-state index contributed by atoms with van der Waals surface area (Å²) < 4.78 is 28.3. The van der Waals surface area contributed by atoms with Crippen LogP contribution in [0.5, 0.6) is 0 Å². The highest BCUT2D eigenvalue weighted by atomic mass is 79.9. The van der Waals surface area contributed by atoms with Gasteiger partial charge >= 0.3 is 0 Å². The Morgan fingerprint density at radius 1 is 1.39 bits per heavy atom. The summed E-state index contributed by atoms with van der Waals surface area (Å²) in [7, 11) is -3.34. The van der Waals surface area contributed by atoms with E-state index in [1.165, 1.54) is 24.2 Å². The molecule has 0 unspecified atom stereocenters. The molecule has 1 N–H and O–H groups in total. The van der Waals surface area contributed by atoms with Crippen LogP contribution in [0.3, 0.4) is 0 Å². The van der Waals surface area contributed by atoms with Crippen LogP contribution in [-0.2, 0) is 10.0 Å². The third-order valence-electron chi connectivity index (χ3n) is 3.86. The molecule has 1 aromatic heterocycles. The van der Waals surface area contributed by atoms with E-state index in [1.54, 1.807) is 12.1 Å². The number of hydrogen-bond donors (Lipinski definition) is 1. The Balaban J connectivity index is 2.05. The van der Waals surface area contributed by atoms with Crippen molar-refractivity contribution in [1.82, 2.24) is 4.72 Å². The molecule has 1 aliphatic rings. The summed E-state index contributed by atoms with van der Waals surface area (Å²) in [6.45, 7) is 2.72. The molecular formula is C12H18BrNO2S2. The van der Waals surface area contributed by atoms with Gasteiger partial charge in [-0.25, -0.2) is 13.1 Å². The summed E-state index contributed by atoms with van der Waals surface area (Å²) >= 11 is 4.54. The lowest BCUT2D eigenvalue weighted by Crippen LogP contribution is -2.35. The molecule has 1 aromatic rings. The van der Waals surface area contributed by atoms with E-state index < -0.39 is 10.0 Å². The Labute approximate surface area is 121 Å². The highest BCUT2D eigenvalue weighted by molar-refractivity contribution is 9.11. The second kappa shape index (κ2) is 5.61. The van der Waals surface area contributed by atoms with Crippen molar-refractivity contribution >= 4 is 37.3 Å². The molecule has 18 heavy (non-hydrogen) atoms. The Morgan fingerprint density at radius 3 is 2.56 bits per heavy atom. The smallest absolute Gasteiger partial charge is 0.210 e. The van der Waals surface area contributed by atoms with Gasteiger partial charge in [-0.2, -0.15) is 0 Å². The van der Waals surface area contributed by atoms with Gasteiger partial charge in [-0.1, -0.05) is 19.8 Å². The maximum absolute atomic E-state index is 12.1. The predicted molar refractivity (Wildman–Crippen MR) is 78.4 cm³/mol. The first-order chi connectivity index (χ1) is 8.47. The van der Waals surface area contributed by atoms with Gasteiger partial charge in [0.1, 0.15) is 4.21 Å². The minimum atomic E-state index is -3.34. The molecule has 2 rings (SSSR count). The van der Waals surface area contributed by atoms with Crippen molar-refractivity contribution in [3.63, 3.8) is 0 Å². The monoisotopic (exact) mass is 351 g/mol. The summed E-state index contributed by atoms with van der Waals surface area (Å²) in [4.78, 5) is 0. The van der Waals surface area contributed by atoms with Crippen LogP contribution in [0.4, 0.5) is 0 Å². The summed E-state index contributed by atoms with van der Waals surface area (Å²) in [5, 5.41) is 0. The van der Waals surface area contributed by atoms with Gasteiger partial charge in [-0.3, -0.25) is 0 Å². The minimum absolute atomic E-state index is 0.182. The third kappa shape index (κ3) is 3.15. The molecule has 0 bridgehead atoms. The molecule has 6 heteroatoms. The molecule has 1 heterocycles. The third-order valence-corrected chi connectivity index (χ3v) is 7.38. The van der Waals surface area contributed by atoms with Crippen LogP contribution in [0, 0.1) is 5.41 Å². The van der Waals surface area contributed by atoms with E-state index in [9.17, 15) is 8.42 Å². The van der Waals surface area contributed by atoms with E-state index in [0.717, 1.165) is 23.0 Å². The first-order valence-corrected chi connectivity index (χ1v) is 9.32. The van der Waals surface area contributed by atoms with Crippen LogP contribution in [0.25, 0.3) is 0 Å². The molecule has 3 nitrogen and oxygen atoms in total. The zero-order valence-electron chi connectivity index (χ0n) is 10.4. The van der Waals surface area contributed by atoms with Gasteiger partial charge in [-0.15, -0.1) is 11.3 Å². The van der Waals surface area contributed by atoms with Crippen molar-refractivity contribution in [2.45, 2.75) is 43.2 Å². The van der Waals surface area contributed by atoms with Crippen molar-refractivity contribution < 1.29 is 8.42 Å². The number of nitrogens with one attached hydrogen (secondary N) is 1. The molecular weight excluding hydrogens is 334 g/mol. The molecule has 0 spiro atoms. The van der Waals surface area contributed by atoms with Gasteiger partial charge in [0.15, 0.2) is 0 Å². The number of thiophene rings is 1. The van der Waals surface area contributed by atoms with Crippen molar-refractivity contribution in [1.29, 1.82) is 0 Å². The average Bonchev–Trinajstić information content (AvgIpc) is 2.96. The molecule has 0 aromatic carbocycles. The van der Waals surface area contributed by atoms with E-state index in [0.29, 0.717) is 10.8 Å². The van der Waals surface area contributed by atoms with Gasteiger partial charge < -0.3 is 0 Å². The van der Waals surface area contributed by atoms with Gasteiger partial charge in [0.2, 0.25) is 10.0 Å². The quantitative estimate of drug-likeness (QED) is 0.877. The van der Waals surface area contributed by atoms with Crippen LogP contribution >= 0.6 is 27.3 Å². The molecule has 1 saturated carbocycles. The second-order valence-electron chi connectivity index (χ2n) is 4.94. The Kier molecular flexibility index (Phi) is 4.52. The summed E-state index contributed by atoms with van der Waals surface area (Å²) in [5.74, 6) is 0. The van der Waals surface area contributed by atoms with Crippen molar-refractivity contribution in [2.24, 2.45) is 5.41 Å². The molecule has 1 aliphatic carbocycles.